The highest BCUT2D eigenvalue weighted by Gasteiger charge is 2.35. The molecular weight excluding hydrogens is 378 g/mol. The number of carbonyl (C=O) groups is 3. The van der Waals surface area contributed by atoms with E-state index in [9.17, 15) is 14.4 Å². The van der Waals surface area contributed by atoms with E-state index in [4.69, 9.17) is 16.3 Å². The van der Waals surface area contributed by atoms with Gasteiger partial charge in [-0.2, -0.15) is 0 Å². The summed E-state index contributed by atoms with van der Waals surface area (Å²) in [5, 5.41) is 5.09. The largest absolute Gasteiger partial charge is 0.495 e. The lowest BCUT2D eigenvalue weighted by atomic mass is 10.3. The third-order valence-electron chi connectivity index (χ3n) is 3.53. The summed E-state index contributed by atoms with van der Waals surface area (Å²) in [6, 6.07) is 9.62. The second-order valence-corrected chi connectivity index (χ2v) is 7.02. The van der Waals surface area contributed by atoms with Crippen molar-refractivity contribution in [2.75, 3.05) is 19.0 Å². The number of anilines is 1. The molecule has 1 fully saturated rings. The van der Waals surface area contributed by atoms with Crippen LogP contribution in [0.25, 0.3) is 6.08 Å². The number of para-hydroxylation sites is 2. The molecule has 0 aliphatic carbocycles. The van der Waals surface area contributed by atoms with E-state index >= 15 is 0 Å². The predicted octanol–water partition coefficient (Wildman–Crippen LogP) is 2.94. The van der Waals surface area contributed by atoms with E-state index < -0.39 is 24.4 Å². The van der Waals surface area contributed by atoms with Gasteiger partial charge in [0.1, 0.15) is 18.0 Å². The van der Waals surface area contributed by atoms with Gasteiger partial charge < -0.3 is 15.4 Å². The van der Waals surface area contributed by atoms with E-state index in [1.54, 1.807) is 36.4 Å². The van der Waals surface area contributed by atoms with Gasteiger partial charge in [0.15, 0.2) is 0 Å². The first-order chi connectivity index (χ1) is 12.5. The molecule has 1 aliphatic rings. The standard InChI is InChI=1S/C17H14ClN3O4S/c1-25-13-5-3-2-4-11(13)19-15(22)9-21-16(23)12(20-17(21)24)8-10-6-7-14(18)26-10/h2-8H,9H2,1H3,(H,19,22)(H,20,24)/b12-8+. The molecule has 2 N–H and O–H groups in total. The molecule has 1 aliphatic heterocycles. The maximum atomic E-state index is 12.4. The van der Waals surface area contributed by atoms with Gasteiger partial charge in [0.05, 0.1) is 17.1 Å². The Hall–Kier alpha value is -2.84. The van der Waals surface area contributed by atoms with Crippen molar-refractivity contribution in [3.05, 3.63) is 51.3 Å². The Morgan fingerprint density at radius 1 is 1.31 bits per heavy atom. The van der Waals surface area contributed by atoms with Crippen LogP contribution in [0.1, 0.15) is 4.88 Å². The number of imide groups is 1. The van der Waals surface area contributed by atoms with E-state index in [1.165, 1.54) is 24.5 Å². The fraction of sp³-hybridized carbons (Fsp3) is 0.118. The molecule has 4 amide bonds. The maximum Gasteiger partial charge on any atom is 0.329 e. The Balaban J connectivity index is 1.69. The Morgan fingerprint density at radius 2 is 2.08 bits per heavy atom. The van der Waals surface area contributed by atoms with Gasteiger partial charge in [0, 0.05) is 4.88 Å². The Morgan fingerprint density at radius 3 is 2.77 bits per heavy atom. The van der Waals surface area contributed by atoms with E-state index in [1.807, 2.05) is 0 Å². The Bertz CT molecular complexity index is 909. The third-order valence-corrected chi connectivity index (χ3v) is 4.70. The van der Waals surface area contributed by atoms with Crippen LogP contribution < -0.4 is 15.4 Å². The number of nitrogens with one attached hydrogen (secondary N) is 2. The maximum absolute atomic E-state index is 12.4. The number of hydrogen-bond acceptors (Lipinski definition) is 5. The molecule has 0 radical (unpaired) electrons. The molecule has 9 heteroatoms. The van der Waals surface area contributed by atoms with Gasteiger partial charge in [-0.25, -0.2) is 9.69 Å². The van der Waals surface area contributed by atoms with E-state index in [-0.39, 0.29) is 5.70 Å². The topological polar surface area (TPSA) is 87.7 Å². The molecule has 7 nitrogen and oxygen atoms in total. The van der Waals surface area contributed by atoms with Crippen LogP contribution in [-0.4, -0.2) is 36.4 Å². The molecule has 134 valence electrons. The van der Waals surface area contributed by atoms with Crippen LogP contribution in [0, 0.1) is 0 Å². The molecule has 26 heavy (non-hydrogen) atoms. The van der Waals surface area contributed by atoms with Gasteiger partial charge in [0.2, 0.25) is 5.91 Å². The van der Waals surface area contributed by atoms with Crippen molar-refractivity contribution in [3.8, 4) is 5.75 Å². The number of thiophene rings is 1. The molecule has 1 aromatic carbocycles. The van der Waals surface area contributed by atoms with Gasteiger partial charge in [0.25, 0.3) is 5.91 Å². The molecule has 0 saturated carbocycles. The summed E-state index contributed by atoms with van der Waals surface area (Å²) in [6.07, 6.45) is 1.52. The summed E-state index contributed by atoms with van der Waals surface area (Å²) in [6.45, 7) is -0.411. The van der Waals surface area contributed by atoms with E-state index in [0.717, 1.165) is 9.78 Å². The van der Waals surface area contributed by atoms with Crippen LogP contribution in [0.15, 0.2) is 42.1 Å². The lowest BCUT2D eigenvalue weighted by Crippen LogP contribution is -2.38. The molecular formula is C17H14ClN3O4S. The Kier molecular flexibility index (Phi) is 5.24. The highest BCUT2D eigenvalue weighted by Crippen LogP contribution is 2.25. The minimum atomic E-state index is -0.654. The van der Waals surface area contributed by atoms with Crippen molar-refractivity contribution in [2.45, 2.75) is 0 Å². The lowest BCUT2D eigenvalue weighted by molar-refractivity contribution is -0.127. The van der Waals surface area contributed by atoms with Crippen LogP contribution in [0.5, 0.6) is 5.75 Å². The Labute approximate surface area is 158 Å². The average molecular weight is 392 g/mol. The number of rotatable bonds is 5. The molecule has 0 atom stereocenters. The summed E-state index contributed by atoms with van der Waals surface area (Å²) in [5.74, 6) is -0.610. The summed E-state index contributed by atoms with van der Waals surface area (Å²) < 4.78 is 5.72. The summed E-state index contributed by atoms with van der Waals surface area (Å²) in [7, 11) is 1.48. The molecule has 0 spiro atoms. The average Bonchev–Trinajstić information content (AvgIpc) is 3.13. The van der Waals surface area contributed by atoms with Crippen molar-refractivity contribution in [1.29, 1.82) is 0 Å². The summed E-state index contributed by atoms with van der Waals surface area (Å²) in [4.78, 5) is 38.2. The second-order valence-electron chi connectivity index (χ2n) is 5.27. The zero-order valence-corrected chi connectivity index (χ0v) is 15.2. The fourth-order valence-electron chi connectivity index (χ4n) is 2.34. The van der Waals surface area contributed by atoms with Crippen molar-refractivity contribution in [2.24, 2.45) is 0 Å². The van der Waals surface area contributed by atoms with Crippen LogP contribution >= 0.6 is 22.9 Å². The number of benzene rings is 1. The van der Waals surface area contributed by atoms with E-state index in [0.29, 0.717) is 15.8 Å². The zero-order chi connectivity index (χ0) is 18.7. The smallest absolute Gasteiger partial charge is 0.329 e. The first-order valence-corrected chi connectivity index (χ1v) is 8.70. The van der Waals surface area contributed by atoms with Crippen molar-refractivity contribution < 1.29 is 19.1 Å². The summed E-state index contributed by atoms with van der Waals surface area (Å²) in [5.41, 5.74) is 0.551. The fourth-order valence-corrected chi connectivity index (χ4v) is 3.35. The van der Waals surface area contributed by atoms with Crippen molar-refractivity contribution in [1.82, 2.24) is 10.2 Å². The number of urea groups is 1. The number of methoxy groups -OCH3 is 1. The van der Waals surface area contributed by atoms with Gasteiger partial charge in [-0.3, -0.25) is 9.59 Å². The van der Waals surface area contributed by atoms with Crippen LogP contribution in [0.2, 0.25) is 4.34 Å². The van der Waals surface area contributed by atoms with Gasteiger partial charge in [-0.05, 0) is 30.3 Å². The number of hydrogen-bond donors (Lipinski definition) is 2. The van der Waals surface area contributed by atoms with E-state index in [2.05, 4.69) is 10.6 Å². The minimum Gasteiger partial charge on any atom is -0.495 e. The third kappa shape index (κ3) is 3.87. The number of halogens is 1. The minimum absolute atomic E-state index is 0.0959. The quantitative estimate of drug-likeness (QED) is 0.606. The molecule has 3 rings (SSSR count). The number of carbonyl (C=O) groups excluding carboxylic acids is 3. The first kappa shape index (κ1) is 18.0. The second kappa shape index (κ2) is 7.59. The highest BCUT2D eigenvalue weighted by molar-refractivity contribution is 7.17. The molecule has 0 bridgehead atoms. The molecule has 1 aromatic heterocycles. The number of ether oxygens (including phenoxy) is 1. The predicted molar refractivity (Wildman–Crippen MR) is 99.2 cm³/mol. The van der Waals surface area contributed by atoms with Gasteiger partial charge in [-0.15, -0.1) is 11.3 Å². The lowest BCUT2D eigenvalue weighted by Gasteiger charge is -2.13. The summed E-state index contributed by atoms with van der Waals surface area (Å²) >= 11 is 7.13. The normalized spacial score (nSPS) is 15.3. The van der Waals surface area contributed by atoms with Crippen LogP contribution in [0.3, 0.4) is 0 Å². The van der Waals surface area contributed by atoms with Crippen LogP contribution in [-0.2, 0) is 9.59 Å². The monoisotopic (exact) mass is 391 g/mol. The molecule has 0 unspecified atom stereocenters. The van der Waals surface area contributed by atoms with Crippen molar-refractivity contribution >= 4 is 52.5 Å². The molecule has 2 aromatic rings. The SMILES string of the molecule is COc1ccccc1NC(=O)CN1C(=O)N/C(=C/c2ccc(Cl)s2)C1=O. The van der Waals surface area contributed by atoms with Crippen LogP contribution in [0.4, 0.5) is 10.5 Å². The first-order valence-electron chi connectivity index (χ1n) is 7.50. The molecule has 2 heterocycles. The zero-order valence-electron chi connectivity index (χ0n) is 13.6. The number of amides is 4. The van der Waals surface area contributed by atoms with Gasteiger partial charge >= 0.3 is 6.03 Å². The van der Waals surface area contributed by atoms with Crippen molar-refractivity contribution in [3.63, 3.8) is 0 Å². The highest BCUT2D eigenvalue weighted by atomic mass is 35.5. The molecule has 1 saturated heterocycles. The van der Waals surface area contributed by atoms with Gasteiger partial charge in [-0.1, -0.05) is 23.7 Å². The number of nitrogens with zero attached hydrogens (tertiary/aromatic N) is 1.